The van der Waals surface area contributed by atoms with Crippen LogP contribution < -0.4 is 15.8 Å². The molecule has 0 aliphatic heterocycles. The molecule has 2 atom stereocenters. The van der Waals surface area contributed by atoms with Gasteiger partial charge in [0.15, 0.2) is 6.61 Å². The van der Waals surface area contributed by atoms with Gasteiger partial charge in [-0.2, -0.15) is 0 Å². The zero-order chi connectivity index (χ0) is 16.7. The van der Waals surface area contributed by atoms with E-state index < -0.39 is 5.97 Å². The summed E-state index contributed by atoms with van der Waals surface area (Å²) in [4.78, 5) is 23.3. The van der Waals surface area contributed by atoms with E-state index in [-0.39, 0.29) is 36.9 Å². The van der Waals surface area contributed by atoms with Gasteiger partial charge in [-0.1, -0.05) is 18.6 Å². The number of carbonyl (C=O) groups excluding carboxylic acids is 2. The fourth-order valence-electron chi connectivity index (χ4n) is 2.75. The SMILES string of the molecule is COC(=O)COc1cccc(CNC(=O)C2CCCC(N)C2)c1.Cl. The molecule has 2 rings (SSSR count). The van der Waals surface area contributed by atoms with Crippen LogP contribution in [0.1, 0.15) is 31.2 Å². The van der Waals surface area contributed by atoms with Crippen molar-refractivity contribution in [2.75, 3.05) is 13.7 Å². The molecule has 0 radical (unpaired) electrons. The average molecular weight is 357 g/mol. The van der Waals surface area contributed by atoms with E-state index in [0.717, 1.165) is 31.2 Å². The highest BCUT2D eigenvalue weighted by atomic mass is 35.5. The predicted octanol–water partition coefficient (Wildman–Crippen LogP) is 1.79. The number of halogens is 1. The van der Waals surface area contributed by atoms with Crippen molar-refractivity contribution in [3.05, 3.63) is 29.8 Å². The topological polar surface area (TPSA) is 90.6 Å². The van der Waals surface area contributed by atoms with Crippen molar-refractivity contribution in [3.8, 4) is 5.75 Å². The van der Waals surface area contributed by atoms with Gasteiger partial charge in [0.2, 0.25) is 5.91 Å². The Morgan fingerprint density at radius 2 is 2.12 bits per heavy atom. The summed E-state index contributed by atoms with van der Waals surface area (Å²) in [6.45, 7) is 0.298. The summed E-state index contributed by atoms with van der Waals surface area (Å²) in [7, 11) is 1.31. The Kier molecular flexibility index (Phi) is 8.57. The molecule has 1 fully saturated rings. The molecule has 0 spiro atoms. The molecule has 0 heterocycles. The molecule has 1 saturated carbocycles. The van der Waals surface area contributed by atoms with Gasteiger partial charge in [-0.05, 0) is 37.0 Å². The Morgan fingerprint density at radius 3 is 2.83 bits per heavy atom. The summed E-state index contributed by atoms with van der Waals surface area (Å²) < 4.78 is 9.86. The second kappa shape index (κ2) is 10.2. The number of hydrogen-bond acceptors (Lipinski definition) is 5. The molecular formula is C17H25ClN2O4. The number of amides is 1. The molecule has 1 aliphatic carbocycles. The summed E-state index contributed by atoms with van der Waals surface area (Å²) in [6.07, 6.45) is 3.68. The van der Waals surface area contributed by atoms with E-state index in [9.17, 15) is 9.59 Å². The first kappa shape index (κ1) is 20.3. The molecule has 1 amide bonds. The third-order valence-electron chi connectivity index (χ3n) is 4.04. The average Bonchev–Trinajstić information content (AvgIpc) is 2.58. The Balaban J connectivity index is 0.00000288. The van der Waals surface area contributed by atoms with Gasteiger partial charge in [-0.3, -0.25) is 4.79 Å². The Morgan fingerprint density at radius 1 is 1.33 bits per heavy atom. The normalized spacial score (nSPS) is 19.8. The Hall–Kier alpha value is -1.79. The first-order chi connectivity index (χ1) is 11.1. The summed E-state index contributed by atoms with van der Waals surface area (Å²) in [5, 5.41) is 2.95. The van der Waals surface area contributed by atoms with Crippen LogP contribution in [0.15, 0.2) is 24.3 Å². The summed E-state index contributed by atoms with van der Waals surface area (Å²) >= 11 is 0. The van der Waals surface area contributed by atoms with E-state index in [1.807, 2.05) is 12.1 Å². The molecule has 0 aromatic heterocycles. The minimum absolute atomic E-state index is 0. The van der Waals surface area contributed by atoms with Gasteiger partial charge >= 0.3 is 5.97 Å². The molecule has 2 unspecified atom stereocenters. The molecule has 1 aliphatic rings. The second-order valence-electron chi connectivity index (χ2n) is 5.85. The van der Waals surface area contributed by atoms with E-state index >= 15 is 0 Å². The molecule has 24 heavy (non-hydrogen) atoms. The lowest BCUT2D eigenvalue weighted by Gasteiger charge is -2.25. The lowest BCUT2D eigenvalue weighted by atomic mass is 9.85. The van der Waals surface area contributed by atoms with Gasteiger partial charge in [0, 0.05) is 18.5 Å². The monoisotopic (exact) mass is 356 g/mol. The van der Waals surface area contributed by atoms with E-state index in [2.05, 4.69) is 10.1 Å². The third-order valence-corrected chi connectivity index (χ3v) is 4.04. The number of ether oxygens (including phenoxy) is 2. The minimum Gasteiger partial charge on any atom is -0.482 e. The number of rotatable bonds is 6. The lowest BCUT2D eigenvalue weighted by Crippen LogP contribution is -2.37. The van der Waals surface area contributed by atoms with Crippen LogP contribution in [0.5, 0.6) is 5.75 Å². The molecule has 134 valence electrons. The van der Waals surface area contributed by atoms with Crippen LogP contribution in [-0.4, -0.2) is 31.6 Å². The van der Waals surface area contributed by atoms with Gasteiger partial charge in [-0.25, -0.2) is 4.79 Å². The van der Waals surface area contributed by atoms with E-state index in [1.165, 1.54) is 7.11 Å². The first-order valence-corrected chi connectivity index (χ1v) is 7.90. The van der Waals surface area contributed by atoms with Crippen LogP contribution in [-0.2, 0) is 20.9 Å². The van der Waals surface area contributed by atoms with Gasteiger partial charge in [0.05, 0.1) is 7.11 Å². The van der Waals surface area contributed by atoms with Crippen molar-refractivity contribution >= 4 is 24.3 Å². The molecule has 0 bridgehead atoms. The molecule has 7 heteroatoms. The highest BCUT2D eigenvalue weighted by molar-refractivity contribution is 5.85. The molecular weight excluding hydrogens is 332 g/mol. The number of nitrogens with one attached hydrogen (secondary N) is 1. The highest BCUT2D eigenvalue weighted by Gasteiger charge is 2.24. The first-order valence-electron chi connectivity index (χ1n) is 7.90. The van der Waals surface area contributed by atoms with Crippen LogP contribution >= 0.6 is 12.4 Å². The van der Waals surface area contributed by atoms with Crippen LogP contribution in [0.25, 0.3) is 0 Å². The summed E-state index contributed by atoms with van der Waals surface area (Å²) in [5.74, 6) is 0.206. The minimum atomic E-state index is -0.433. The zero-order valence-corrected chi connectivity index (χ0v) is 14.6. The molecule has 6 nitrogen and oxygen atoms in total. The fraction of sp³-hybridized carbons (Fsp3) is 0.529. The van der Waals surface area contributed by atoms with Gasteiger partial charge in [0.1, 0.15) is 5.75 Å². The van der Waals surface area contributed by atoms with Crippen molar-refractivity contribution in [1.29, 1.82) is 0 Å². The number of benzene rings is 1. The molecule has 1 aromatic rings. The lowest BCUT2D eigenvalue weighted by molar-refractivity contribution is -0.142. The molecule has 3 N–H and O–H groups in total. The third kappa shape index (κ3) is 6.37. The smallest absolute Gasteiger partial charge is 0.343 e. The number of hydrogen-bond donors (Lipinski definition) is 2. The molecule has 1 aromatic carbocycles. The van der Waals surface area contributed by atoms with Crippen LogP contribution in [0.3, 0.4) is 0 Å². The summed E-state index contributed by atoms with van der Waals surface area (Å²) in [6, 6.07) is 7.42. The highest BCUT2D eigenvalue weighted by Crippen LogP contribution is 2.23. The predicted molar refractivity (Wildman–Crippen MR) is 93.0 cm³/mol. The Labute approximate surface area is 148 Å². The summed E-state index contributed by atoms with van der Waals surface area (Å²) in [5.41, 5.74) is 6.84. The zero-order valence-electron chi connectivity index (χ0n) is 13.8. The maximum absolute atomic E-state index is 12.2. The van der Waals surface area contributed by atoms with Gasteiger partial charge in [-0.15, -0.1) is 12.4 Å². The number of esters is 1. The van der Waals surface area contributed by atoms with Crippen molar-refractivity contribution in [2.24, 2.45) is 11.7 Å². The quantitative estimate of drug-likeness (QED) is 0.758. The fourth-order valence-corrected chi connectivity index (χ4v) is 2.75. The van der Waals surface area contributed by atoms with Crippen LogP contribution in [0.2, 0.25) is 0 Å². The van der Waals surface area contributed by atoms with Crippen molar-refractivity contribution in [2.45, 2.75) is 38.3 Å². The van der Waals surface area contributed by atoms with Crippen molar-refractivity contribution < 1.29 is 19.1 Å². The van der Waals surface area contributed by atoms with E-state index in [4.69, 9.17) is 10.5 Å². The molecule has 0 saturated heterocycles. The second-order valence-corrected chi connectivity index (χ2v) is 5.85. The van der Waals surface area contributed by atoms with Gasteiger partial charge in [0.25, 0.3) is 0 Å². The van der Waals surface area contributed by atoms with Crippen LogP contribution in [0, 0.1) is 5.92 Å². The van der Waals surface area contributed by atoms with E-state index in [0.29, 0.717) is 12.3 Å². The number of nitrogens with two attached hydrogens (primary N) is 1. The van der Waals surface area contributed by atoms with Crippen LogP contribution in [0.4, 0.5) is 0 Å². The van der Waals surface area contributed by atoms with E-state index in [1.54, 1.807) is 12.1 Å². The van der Waals surface area contributed by atoms with Crippen molar-refractivity contribution in [1.82, 2.24) is 5.32 Å². The Bertz CT molecular complexity index is 553. The maximum atomic E-state index is 12.2. The number of methoxy groups -OCH3 is 1. The largest absolute Gasteiger partial charge is 0.482 e. The standard InChI is InChI=1S/C17H24N2O4.ClH/c1-22-16(20)11-23-15-7-2-4-12(8-15)10-19-17(21)13-5-3-6-14(18)9-13;/h2,4,7-8,13-14H,3,5-6,9-11,18H2,1H3,(H,19,21);1H. The number of carbonyl (C=O) groups is 2. The van der Waals surface area contributed by atoms with Crippen molar-refractivity contribution in [3.63, 3.8) is 0 Å². The van der Waals surface area contributed by atoms with Gasteiger partial charge < -0.3 is 20.5 Å². The maximum Gasteiger partial charge on any atom is 0.343 e.